The Morgan fingerprint density at radius 2 is 2.21 bits per heavy atom. The number of aryl methyl sites for hydroxylation is 1. The van der Waals surface area contributed by atoms with Crippen molar-refractivity contribution in [3.63, 3.8) is 0 Å². The molecule has 1 aromatic rings. The highest BCUT2D eigenvalue weighted by Crippen LogP contribution is 2.33. The van der Waals surface area contributed by atoms with E-state index in [-0.39, 0.29) is 0 Å². The molecule has 104 valence electrons. The number of rotatable bonds is 3. The molecule has 2 aliphatic rings. The van der Waals surface area contributed by atoms with E-state index in [4.69, 9.17) is 4.74 Å². The number of ether oxygens (including phenoxy) is 1. The van der Waals surface area contributed by atoms with Gasteiger partial charge >= 0.3 is 0 Å². The molecule has 3 rings (SSSR count). The number of hydrogen-bond acceptors (Lipinski definition) is 3. The Bertz CT molecular complexity index is 440. The molecule has 1 aliphatic carbocycles. The summed E-state index contributed by atoms with van der Waals surface area (Å²) in [6.45, 7) is 3.12. The minimum Gasteiger partial charge on any atom is -0.508 e. The maximum Gasteiger partial charge on any atom is 0.115 e. The number of nitrogens with one attached hydrogen (secondary N) is 1. The van der Waals surface area contributed by atoms with Crippen molar-refractivity contribution >= 4 is 0 Å². The topological polar surface area (TPSA) is 41.5 Å². The second-order valence-corrected chi connectivity index (χ2v) is 5.83. The third-order valence-electron chi connectivity index (χ3n) is 4.43. The van der Waals surface area contributed by atoms with Crippen LogP contribution in [0.25, 0.3) is 0 Å². The summed E-state index contributed by atoms with van der Waals surface area (Å²) in [5, 5.41) is 13.4. The van der Waals surface area contributed by atoms with E-state index in [1.54, 1.807) is 6.07 Å². The molecule has 0 radical (unpaired) electrons. The zero-order valence-corrected chi connectivity index (χ0v) is 11.6. The number of phenols is 1. The third kappa shape index (κ3) is 2.77. The average molecular weight is 261 g/mol. The van der Waals surface area contributed by atoms with Crippen LogP contribution >= 0.6 is 0 Å². The molecule has 1 aromatic carbocycles. The van der Waals surface area contributed by atoms with Crippen molar-refractivity contribution < 1.29 is 9.84 Å². The van der Waals surface area contributed by atoms with Crippen LogP contribution in [0.3, 0.4) is 0 Å². The molecule has 0 spiro atoms. The van der Waals surface area contributed by atoms with Crippen LogP contribution in [0.1, 0.15) is 49.8 Å². The van der Waals surface area contributed by atoms with Crippen molar-refractivity contribution in [1.82, 2.24) is 5.32 Å². The minimum atomic E-state index is 0.350. The Morgan fingerprint density at radius 1 is 1.32 bits per heavy atom. The minimum absolute atomic E-state index is 0.350. The summed E-state index contributed by atoms with van der Waals surface area (Å²) < 4.78 is 5.76. The van der Waals surface area contributed by atoms with Crippen LogP contribution in [-0.2, 0) is 11.2 Å². The van der Waals surface area contributed by atoms with Gasteiger partial charge in [-0.1, -0.05) is 6.07 Å². The van der Waals surface area contributed by atoms with Gasteiger partial charge in [0, 0.05) is 18.7 Å². The molecule has 2 N–H and O–H groups in total. The first-order valence-electron chi connectivity index (χ1n) is 7.43. The van der Waals surface area contributed by atoms with Crippen LogP contribution in [-0.4, -0.2) is 23.9 Å². The van der Waals surface area contributed by atoms with Gasteiger partial charge in [-0.25, -0.2) is 0 Å². The van der Waals surface area contributed by atoms with Crippen molar-refractivity contribution in [3.05, 3.63) is 29.3 Å². The van der Waals surface area contributed by atoms with Gasteiger partial charge in [-0.2, -0.15) is 0 Å². The number of fused-ring (bicyclic) bond motifs is 1. The maximum absolute atomic E-state index is 9.70. The quantitative estimate of drug-likeness (QED) is 0.879. The highest BCUT2D eigenvalue weighted by Gasteiger charge is 2.27. The fourth-order valence-electron chi connectivity index (χ4n) is 3.38. The summed E-state index contributed by atoms with van der Waals surface area (Å²) in [7, 11) is 0. The summed E-state index contributed by atoms with van der Waals surface area (Å²) in [6, 6.07) is 6.52. The van der Waals surface area contributed by atoms with Crippen molar-refractivity contribution in [2.24, 2.45) is 0 Å². The highest BCUT2D eigenvalue weighted by atomic mass is 16.5. The first-order chi connectivity index (χ1) is 9.24. The van der Waals surface area contributed by atoms with Crippen molar-refractivity contribution in [3.8, 4) is 5.75 Å². The van der Waals surface area contributed by atoms with Gasteiger partial charge in [-0.05, 0) is 62.3 Å². The summed E-state index contributed by atoms with van der Waals surface area (Å²) in [6.07, 6.45) is 6.18. The number of benzene rings is 1. The van der Waals surface area contributed by atoms with Gasteiger partial charge in [-0.15, -0.1) is 0 Å². The average Bonchev–Trinajstić information content (AvgIpc) is 2.93. The third-order valence-corrected chi connectivity index (χ3v) is 4.43. The molecule has 0 amide bonds. The Hall–Kier alpha value is -1.06. The van der Waals surface area contributed by atoms with Crippen LogP contribution in [0.15, 0.2) is 18.2 Å². The second-order valence-electron chi connectivity index (χ2n) is 5.83. The molecule has 3 nitrogen and oxygen atoms in total. The smallest absolute Gasteiger partial charge is 0.115 e. The lowest BCUT2D eigenvalue weighted by Crippen LogP contribution is -2.40. The predicted molar refractivity (Wildman–Crippen MR) is 75.4 cm³/mol. The molecule has 1 heterocycles. The fourth-order valence-corrected chi connectivity index (χ4v) is 3.38. The van der Waals surface area contributed by atoms with Gasteiger partial charge in [0.2, 0.25) is 0 Å². The number of aromatic hydroxyl groups is 1. The van der Waals surface area contributed by atoms with E-state index in [2.05, 4.69) is 18.3 Å². The Balaban J connectivity index is 1.73. The summed E-state index contributed by atoms with van der Waals surface area (Å²) in [4.78, 5) is 0. The van der Waals surface area contributed by atoms with Gasteiger partial charge in [0.1, 0.15) is 5.75 Å². The van der Waals surface area contributed by atoms with Crippen LogP contribution in [0.2, 0.25) is 0 Å². The van der Waals surface area contributed by atoms with E-state index >= 15 is 0 Å². The van der Waals surface area contributed by atoms with E-state index in [1.165, 1.54) is 24.0 Å². The van der Waals surface area contributed by atoms with Crippen LogP contribution in [0.5, 0.6) is 5.75 Å². The lowest BCUT2D eigenvalue weighted by atomic mass is 9.87. The van der Waals surface area contributed by atoms with Gasteiger partial charge in [0.05, 0.1) is 6.10 Å². The van der Waals surface area contributed by atoms with E-state index in [9.17, 15) is 5.11 Å². The van der Waals surface area contributed by atoms with E-state index < -0.39 is 0 Å². The first kappa shape index (κ1) is 12.9. The lowest BCUT2D eigenvalue weighted by Gasteiger charge is -2.31. The molecule has 19 heavy (non-hydrogen) atoms. The summed E-state index contributed by atoms with van der Waals surface area (Å²) in [5.41, 5.74) is 2.65. The van der Waals surface area contributed by atoms with Gasteiger partial charge < -0.3 is 15.2 Å². The summed E-state index contributed by atoms with van der Waals surface area (Å²) in [5.74, 6) is 0.372. The van der Waals surface area contributed by atoms with Crippen molar-refractivity contribution in [1.29, 1.82) is 0 Å². The van der Waals surface area contributed by atoms with E-state index in [1.807, 2.05) is 6.07 Å². The van der Waals surface area contributed by atoms with Crippen molar-refractivity contribution in [2.45, 2.75) is 57.2 Å². The molecule has 3 atom stereocenters. The SMILES string of the molecule is CC(NC1CCCc2ccc(O)cc21)C1CCCO1. The highest BCUT2D eigenvalue weighted by molar-refractivity contribution is 5.38. The van der Waals surface area contributed by atoms with Gasteiger partial charge in [-0.3, -0.25) is 0 Å². The molecular weight excluding hydrogens is 238 g/mol. The fraction of sp³-hybridized carbons (Fsp3) is 0.625. The van der Waals surface area contributed by atoms with Crippen LogP contribution in [0, 0.1) is 0 Å². The zero-order valence-electron chi connectivity index (χ0n) is 11.6. The first-order valence-corrected chi connectivity index (χ1v) is 7.43. The molecule has 0 bridgehead atoms. The number of phenolic OH excluding ortho intramolecular Hbond substituents is 1. The standard InChI is InChI=1S/C16H23NO2/c1-11(16-6-3-9-19-16)17-15-5-2-4-12-7-8-13(18)10-14(12)15/h7-8,10-11,15-18H,2-6,9H2,1H3. The molecule has 0 aromatic heterocycles. The van der Waals surface area contributed by atoms with Crippen molar-refractivity contribution in [2.75, 3.05) is 6.61 Å². The molecule has 0 saturated carbocycles. The van der Waals surface area contributed by atoms with E-state index in [0.29, 0.717) is 23.9 Å². The molecular formula is C16H23NO2. The maximum atomic E-state index is 9.70. The largest absolute Gasteiger partial charge is 0.508 e. The zero-order chi connectivity index (χ0) is 13.2. The lowest BCUT2D eigenvalue weighted by molar-refractivity contribution is 0.0787. The molecule has 3 unspecified atom stereocenters. The van der Waals surface area contributed by atoms with Gasteiger partial charge in [0.25, 0.3) is 0 Å². The molecule has 1 saturated heterocycles. The Labute approximate surface area is 115 Å². The Morgan fingerprint density at radius 3 is 3.00 bits per heavy atom. The predicted octanol–water partition coefficient (Wildman–Crippen LogP) is 2.93. The van der Waals surface area contributed by atoms with Crippen LogP contribution in [0.4, 0.5) is 0 Å². The molecule has 3 heteroatoms. The second kappa shape index (κ2) is 5.51. The van der Waals surface area contributed by atoms with Crippen LogP contribution < -0.4 is 5.32 Å². The normalized spacial score (nSPS) is 28.1. The monoisotopic (exact) mass is 261 g/mol. The Kier molecular flexibility index (Phi) is 3.76. The van der Waals surface area contributed by atoms with Gasteiger partial charge in [0.15, 0.2) is 0 Å². The molecule has 1 aliphatic heterocycles. The van der Waals surface area contributed by atoms with E-state index in [0.717, 1.165) is 25.9 Å². The summed E-state index contributed by atoms with van der Waals surface area (Å²) >= 11 is 0. The number of hydrogen-bond donors (Lipinski definition) is 2. The molecule has 1 fully saturated rings.